The molecule has 4 N–H and O–H groups in total. The first-order chi connectivity index (χ1) is 12.7. The molecule has 146 valence electrons. The summed E-state index contributed by atoms with van der Waals surface area (Å²) in [5, 5.41) is 39.2. The number of hydrogen-bond donors (Lipinski definition) is 4. The van der Waals surface area contributed by atoms with Gasteiger partial charge >= 0.3 is 5.97 Å². The predicted molar refractivity (Wildman–Crippen MR) is 95.2 cm³/mol. The molecule has 1 aliphatic rings. The van der Waals surface area contributed by atoms with Crippen LogP contribution in [0.15, 0.2) is 30.7 Å². The van der Waals surface area contributed by atoms with Crippen LogP contribution in [0.25, 0.3) is 0 Å². The van der Waals surface area contributed by atoms with Gasteiger partial charge in [0.1, 0.15) is 18.3 Å². The van der Waals surface area contributed by atoms with Gasteiger partial charge in [-0.15, -0.1) is 0 Å². The van der Waals surface area contributed by atoms with Crippen molar-refractivity contribution in [2.45, 2.75) is 57.3 Å². The van der Waals surface area contributed by atoms with E-state index < -0.39 is 36.6 Å². The second-order valence-electron chi connectivity index (χ2n) is 7.01. The van der Waals surface area contributed by atoms with E-state index in [-0.39, 0.29) is 5.92 Å². The van der Waals surface area contributed by atoms with E-state index in [9.17, 15) is 25.2 Å². The number of nitrogens with zero attached hydrogens (tertiary/aromatic N) is 2. The highest BCUT2D eigenvalue weighted by Crippen LogP contribution is 2.31. The molecule has 1 aromatic heterocycles. The molecule has 6 atom stereocenters. The number of carbonyl (C=O) groups is 1. The van der Waals surface area contributed by atoms with Crippen molar-refractivity contribution in [1.82, 2.24) is 9.55 Å². The smallest absolute Gasteiger partial charge is 0.335 e. The SMILES string of the molecule is Cc1cccc([C@H](C)c2cn(C3OC(C(=O)O)C(O)C(O)C3O)cn2)c1C. The van der Waals surface area contributed by atoms with E-state index in [2.05, 4.69) is 4.98 Å². The fraction of sp³-hybridized carbons (Fsp3) is 0.474. The van der Waals surface area contributed by atoms with E-state index in [4.69, 9.17) is 4.74 Å². The highest BCUT2D eigenvalue weighted by Gasteiger charge is 2.47. The highest BCUT2D eigenvalue weighted by atomic mass is 16.6. The Labute approximate surface area is 156 Å². The summed E-state index contributed by atoms with van der Waals surface area (Å²) in [5.74, 6) is -1.44. The van der Waals surface area contributed by atoms with E-state index in [0.717, 1.165) is 11.1 Å². The maximum Gasteiger partial charge on any atom is 0.335 e. The number of benzene rings is 1. The molecule has 3 rings (SSSR count). The van der Waals surface area contributed by atoms with E-state index in [0.29, 0.717) is 5.69 Å². The van der Waals surface area contributed by atoms with Gasteiger partial charge in [0.2, 0.25) is 0 Å². The zero-order valence-corrected chi connectivity index (χ0v) is 15.4. The van der Waals surface area contributed by atoms with Gasteiger partial charge in [0.25, 0.3) is 0 Å². The minimum Gasteiger partial charge on any atom is -0.479 e. The summed E-state index contributed by atoms with van der Waals surface area (Å²) in [6.45, 7) is 6.09. The van der Waals surface area contributed by atoms with Crippen LogP contribution in [0.4, 0.5) is 0 Å². The Morgan fingerprint density at radius 3 is 2.56 bits per heavy atom. The van der Waals surface area contributed by atoms with Crippen LogP contribution < -0.4 is 0 Å². The summed E-state index contributed by atoms with van der Waals surface area (Å²) < 4.78 is 6.76. The first kappa shape index (κ1) is 19.5. The number of carboxylic acid groups (broad SMARTS) is 1. The third-order valence-corrected chi connectivity index (χ3v) is 5.30. The van der Waals surface area contributed by atoms with Crippen LogP contribution >= 0.6 is 0 Å². The zero-order valence-electron chi connectivity index (χ0n) is 15.4. The molecule has 0 spiro atoms. The van der Waals surface area contributed by atoms with Crippen LogP contribution in [-0.2, 0) is 9.53 Å². The Hall–Kier alpha value is -2.26. The molecule has 1 aromatic carbocycles. The van der Waals surface area contributed by atoms with Crippen LogP contribution in [-0.4, -0.2) is 60.4 Å². The van der Waals surface area contributed by atoms with Gasteiger partial charge in [0, 0.05) is 12.1 Å². The quantitative estimate of drug-likeness (QED) is 0.619. The molecule has 8 nitrogen and oxygen atoms in total. The molecule has 2 heterocycles. The van der Waals surface area contributed by atoms with Gasteiger partial charge in [0.05, 0.1) is 12.0 Å². The lowest BCUT2D eigenvalue weighted by Crippen LogP contribution is -2.57. The Kier molecular flexibility index (Phi) is 5.34. The summed E-state index contributed by atoms with van der Waals surface area (Å²) in [5.41, 5.74) is 4.17. The van der Waals surface area contributed by atoms with Crippen molar-refractivity contribution in [2.24, 2.45) is 0 Å². The highest BCUT2D eigenvalue weighted by molar-refractivity contribution is 5.73. The molecular formula is C19H24N2O6. The summed E-state index contributed by atoms with van der Waals surface area (Å²) in [6, 6.07) is 6.04. The maximum atomic E-state index is 11.3. The number of rotatable bonds is 4. The molecule has 0 amide bonds. The third-order valence-electron chi connectivity index (χ3n) is 5.30. The minimum atomic E-state index is -1.72. The molecule has 1 aliphatic heterocycles. The monoisotopic (exact) mass is 376 g/mol. The van der Waals surface area contributed by atoms with Gasteiger partial charge in [-0.2, -0.15) is 0 Å². The Morgan fingerprint density at radius 2 is 1.89 bits per heavy atom. The van der Waals surface area contributed by atoms with Gasteiger partial charge in [-0.1, -0.05) is 25.1 Å². The van der Waals surface area contributed by atoms with Crippen LogP contribution in [0.5, 0.6) is 0 Å². The summed E-state index contributed by atoms with van der Waals surface area (Å²) >= 11 is 0. The average molecular weight is 376 g/mol. The zero-order chi connectivity index (χ0) is 19.9. The van der Waals surface area contributed by atoms with Gasteiger partial charge in [-0.05, 0) is 30.5 Å². The van der Waals surface area contributed by atoms with Crippen LogP contribution in [0.1, 0.15) is 41.5 Å². The van der Waals surface area contributed by atoms with Crippen molar-refractivity contribution in [3.63, 3.8) is 0 Å². The lowest BCUT2D eigenvalue weighted by molar-refractivity contribution is -0.246. The fourth-order valence-electron chi connectivity index (χ4n) is 3.43. The first-order valence-electron chi connectivity index (χ1n) is 8.74. The molecule has 1 saturated heterocycles. The van der Waals surface area contributed by atoms with E-state index in [1.165, 1.54) is 16.5 Å². The molecule has 5 unspecified atom stereocenters. The van der Waals surface area contributed by atoms with Crippen molar-refractivity contribution in [3.05, 3.63) is 53.1 Å². The van der Waals surface area contributed by atoms with E-state index >= 15 is 0 Å². The third kappa shape index (κ3) is 3.49. The molecule has 0 radical (unpaired) electrons. The minimum absolute atomic E-state index is 0.0299. The van der Waals surface area contributed by atoms with Gasteiger partial charge in [-0.3, -0.25) is 0 Å². The van der Waals surface area contributed by atoms with Crippen LogP contribution in [0, 0.1) is 13.8 Å². The second-order valence-corrected chi connectivity index (χ2v) is 7.01. The van der Waals surface area contributed by atoms with Crippen molar-refractivity contribution >= 4 is 5.97 Å². The van der Waals surface area contributed by atoms with E-state index in [1.54, 1.807) is 6.20 Å². The molecule has 8 heteroatoms. The number of aliphatic hydroxyl groups is 3. The number of aliphatic hydroxyl groups excluding tert-OH is 3. The molecule has 1 fully saturated rings. The maximum absolute atomic E-state index is 11.3. The molecule has 2 aromatic rings. The Morgan fingerprint density at radius 1 is 1.19 bits per heavy atom. The van der Waals surface area contributed by atoms with Gasteiger partial charge in [-0.25, -0.2) is 9.78 Å². The summed E-state index contributed by atoms with van der Waals surface area (Å²) in [6.07, 6.45) is -4.59. The number of aryl methyl sites for hydroxylation is 1. The number of aliphatic carboxylic acids is 1. The van der Waals surface area contributed by atoms with Crippen molar-refractivity contribution in [3.8, 4) is 0 Å². The standard InChI is InChI=1S/C19H24N2O6/c1-9-5-4-6-12(10(9)2)11(3)13-7-21(8-20-13)18-16(24)14(22)15(23)17(27-18)19(25)26/h4-8,11,14-18,22-24H,1-3H3,(H,25,26)/t11-,14?,15?,16?,17?,18?/m0/s1. The van der Waals surface area contributed by atoms with Crippen LogP contribution in [0.3, 0.4) is 0 Å². The van der Waals surface area contributed by atoms with Crippen molar-refractivity contribution < 1.29 is 30.0 Å². The predicted octanol–water partition coefficient (Wildman–Crippen LogP) is 0.716. The number of ether oxygens (including phenoxy) is 1. The number of carboxylic acids is 1. The van der Waals surface area contributed by atoms with Crippen molar-refractivity contribution in [2.75, 3.05) is 0 Å². The topological polar surface area (TPSA) is 125 Å². The average Bonchev–Trinajstić information content (AvgIpc) is 3.11. The second kappa shape index (κ2) is 7.40. The van der Waals surface area contributed by atoms with E-state index in [1.807, 2.05) is 39.0 Å². The largest absolute Gasteiger partial charge is 0.479 e. The lowest BCUT2D eigenvalue weighted by Gasteiger charge is -2.39. The Bertz CT molecular complexity index is 835. The Balaban J connectivity index is 1.88. The molecule has 0 aliphatic carbocycles. The summed E-state index contributed by atoms with van der Waals surface area (Å²) in [4.78, 5) is 15.6. The van der Waals surface area contributed by atoms with Crippen LogP contribution in [0.2, 0.25) is 0 Å². The number of imidazole rings is 1. The van der Waals surface area contributed by atoms with Gasteiger partial charge < -0.3 is 29.7 Å². The normalized spacial score (nSPS) is 29.5. The molecule has 27 heavy (non-hydrogen) atoms. The van der Waals surface area contributed by atoms with Gasteiger partial charge in [0.15, 0.2) is 12.3 Å². The molecular weight excluding hydrogens is 352 g/mol. The fourth-order valence-corrected chi connectivity index (χ4v) is 3.43. The first-order valence-corrected chi connectivity index (χ1v) is 8.74. The number of aromatic nitrogens is 2. The lowest BCUT2D eigenvalue weighted by atomic mass is 9.92. The summed E-state index contributed by atoms with van der Waals surface area (Å²) in [7, 11) is 0. The number of hydrogen-bond acceptors (Lipinski definition) is 6. The van der Waals surface area contributed by atoms with Crippen molar-refractivity contribution in [1.29, 1.82) is 0 Å². The molecule has 0 bridgehead atoms. The molecule has 0 saturated carbocycles.